The van der Waals surface area contributed by atoms with Gasteiger partial charge in [-0.25, -0.2) is 4.68 Å². The topological polar surface area (TPSA) is 93.5 Å². The summed E-state index contributed by atoms with van der Waals surface area (Å²) in [5.74, 6) is 1.16. The van der Waals surface area contributed by atoms with Gasteiger partial charge in [-0.1, -0.05) is 24.6 Å². The van der Waals surface area contributed by atoms with Crippen molar-refractivity contribution in [1.29, 1.82) is 5.41 Å². The molecule has 0 bridgehead atoms. The van der Waals surface area contributed by atoms with Crippen LogP contribution in [0.25, 0.3) is 0 Å². The zero-order chi connectivity index (χ0) is 12.1. The highest BCUT2D eigenvalue weighted by Gasteiger charge is 2.21. The third-order valence-electron chi connectivity index (χ3n) is 2.95. The van der Waals surface area contributed by atoms with E-state index >= 15 is 0 Å². The normalized spacial score (nSPS) is 16.5. The van der Waals surface area contributed by atoms with Gasteiger partial charge in [0.05, 0.1) is 11.9 Å². The molecule has 0 aliphatic heterocycles. The average Bonchev–Trinajstić information content (AvgIpc) is 2.94. The van der Waals surface area contributed by atoms with Crippen LogP contribution in [0.3, 0.4) is 0 Å². The molecule has 0 unspecified atom stereocenters. The molecule has 17 heavy (non-hydrogen) atoms. The van der Waals surface area contributed by atoms with Gasteiger partial charge in [-0.2, -0.15) is 0 Å². The van der Waals surface area contributed by atoms with Crippen LogP contribution in [0.4, 0.5) is 0 Å². The molecule has 1 aromatic rings. The smallest absolute Gasteiger partial charge is 0.209 e. The second-order valence-corrected chi connectivity index (χ2v) is 5.38. The van der Waals surface area contributed by atoms with E-state index in [2.05, 4.69) is 15.5 Å². The van der Waals surface area contributed by atoms with Crippen molar-refractivity contribution in [3.8, 4) is 0 Å². The Morgan fingerprint density at radius 2 is 2.24 bits per heavy atom. The predicted octanol–water partition coefficient (Wildman–Crippen LogP) is 1.60. The minimum absolute atomic E-state index is 0.251. The highest BCUT2D eigenvalue weighted by atomic mass is 32.2. The molecule has 2 rings (SSSR count). The van der Waals surface area contributed by atoms with Crippen molar-refractivity contribution < 1.29 is 0 Å². The minimum Gasteiger partial charge on any atom is -0.388 e. The summed E-state index contributed by atoms with van der Waals surface area (Å²) in [7, 11) is 0. The van der Waals surface area contributed by atoms with E-state index in [0.717, 1.165) is 17.3 Å². The molecule has 0 saturated heterocycles. The molecule has 1 heterocycles. The summed E-state index contributed by atoms with van der Waals surface area (Å²) < 4.78 is 1.96. The van der Waals surface area contributed by atoms with E-state index in [9.17, 15) is 0 Å². The summed E-state index contributed by atoms with van der Waals surface area (Å²) >= 11 is 1.66. The average molecular weight is 254 g/mol. The number of nitrogens with one attached hydrogen (secondary N) is 1. The maximum Gasteiger partial charge on any atom is 0.209 e. The molecule has 1 aliphatic carbocycles. The quantitative estimate of drug-likeness (QED) is 0.348. The van der Waals surface area contributed by atoms with Crippen LogP contribution in [0.1, 0.15) is 44.6 Å². The fourth-order valence-corrected chi connectivity index (χ4v) is 2.97. The number of tetrazole rings is 1. The Kier molecular flexibility index (Phi) is 4.36. The second-order valence-electron chi connectivity index (χ2n) is 4.32. The van der Waals surface area contributed by atoms with E-state index < -0.39 is 0 Å². The molecule has 0 spiro atoms. The zero-order valence-electron chi connectivity index (χ0n) is 9.80. The number of amidine groups is 1. The Morgan fingerprint density at radius 1 is 1.47 bits per heavy atom. The predicted molar refractivity (Wildman–Crippen MR) is 67.2 cm³/mol. The summed E-state index contributed by atoms with van der Waals surface area (Å²) in [6.07, 6.45) is 6.48. The second kappa shape index (κ2) is 6.00. The molecular weight excluding hydrogens is 236 g/mol. The third-order valence-corrected chi connectivity index (χ3v) is 3.97. The maximum absolute atomic E-state index is 7.15. The molecule has 1 aliphatic rings. The number of hydrogen-bond acceptors (Lipinski definition) is 5. The van der Waals surface area contributed by atoms with Crippen molar-refractivity contribution in [1.82, 2.24) is 20.2 Å². The molecule has 0 aromatic carbocycles. The van der Waals surface area contributed by atoms with Crippen molar-refractivity contribution in [2.24, 2.45) is 5.73 Å². The Hall–Kier alpha value is -1.11. The Bertz CT molecular complexity index is 371. The van der Waals surface area contributed by atoms with Crippen LogP contribution in [0.15, 0.2) is 5.16 Å². The van der Waals surface area contributed by atoms with Crippen molar-refractivity contribution >= 4 is 17.6 Å². The van der Waals surface area contributed by atoms with Gasteiger partial charge in [0, 0.05) is 12.2 Å². The highest BCUT2D eigenvalue weighted by Crippen LogP contribution is 2.31. The fourth-order valence-electron chi connectivity index (χ4n) is 2.08. The summed E-state index contributed by atoms with van der Waals surface area (Å²) in [5, 5.41) is 19.9. The third kappa shape index (κ3) is 3.42. The number of nitrogens with zero attached hydrogens (tertiary/aromatic N) is 4. The van der Waals surface area contributed by atoms with Crippen LogP contribution in [0.2, 0.25) is 0 Å². The Morgan fingerprint density at radius 3 is 2.94 bits per heavy atom. The van der Waals surface area contributed by atoms with E-state index in [1.54, 1.807) is 11.8 Å². The van der Waals surface area contributed by atoms with Crippen LogP contribution in [0.5, 0.6) is 0 Å². The lowest BCUT2D eigenvalue weighted by molar-refractivity contribution is 0.423. The summed E-state index contributed by atoms with van der Waals surface area (Å²) in [5.41, 5.74) is 5.31. The first-order valence-corrected chi connectivity index (χ1v) is 6.99. The summed E-state index contributed by atoms with van der Waals surface area (Å²) in [6.45, 7) is 0. The molecular formula is C10H18N6S. The molecule has 0 amide bonds. The van der Waals surface area contributed by atoms with Crippen LogP contribution >= 0.6 is 11.8 Å². The van der Waals surface area contributed by atoms with Crippen LogP contribution in [-0.4, -0.2) is 31.8 Å². The summed E-state index contributed by atoms with van der Waals surface area (Å²) in [6, 6.07) is 0.486. The van der Waals surface area contributed by atoms with Gasteiger partial charge in [0.1, 0.15) is 0 Å². The van der Waals surface area contributed by atoms with E-state index in [-0.39, 0.29) is 5.84 Å². The first-order chi connectivity index (χ1) is 8.27. The van der Waals surface area contributed by atoms with Crippen molar-refractivity contribution in [2.75, 3.05) is 5.75 Å². The number of thioether (sulfide) groups is 1. The first-order valence-electron chi connectivity index (χ1n) is 6.01. The lowest BCUT2D eigenvalue weighted by Crippen LogP contribution is -2.10. The lowest BCUT2D eigenvalue weighted by atomic mass is 10.3. The molecule has 7 heteroatoms. The van der Waals surface area contributed by atoms with Crippen molar-refractivity contribution in [3.63, 3.8) is 0 Å². The molecule has 1 saturated carbocycles. The van der Waals surface area contributed by atoms with E-state index in [0.29, 0.717) is 12.5 Å². The van der Waals surface area contributed by atoms with Gasteiger partial charge in [-0.15, -0.1) is 5.10 Å². The number of hydrogen-bond donors (Lipinski definition) is 2. The monoisotopic (exact) mass is 254 g/mol. The van der Waals surface area contributed by atoms with Gasteiger partial charge in [0.2, 0.25) is 5.16 Å². The number of nitrogens with two attached hydrogens (primary N) is 1. The number of aromatic nitrogens is 4. The molecule has 1 aromatic heterocycles. The van der Waals surface area contributed by atoms with E-state index in [1.165, 1.54) is 25.7 Å². The molecule has 0 radical (unpaired) electrons. The van der Waals surface area contributed by atoms with Gasteiger partial charge < -0.3 is 5.73 Å². The largest absolute Gasteiger partial charge is 0.388 e. The fraction of sp³-hybridized carbons (Fsp3) is 0.800. The minimum atomic E-state index is 0.251. The lowest BCUT2D eigenvalue weighted by Gasteiger charge is -2.10. The van der Waals surface area contributed by atoms with Crippen LogP contribution < -0.4 is 5.73 Å². The van der Waals surface area contributed by atoms with Gasteiger partial charge in [-0.05, 0) is 29.7 Å². The maximum atomic E-state index is 7.15. The highest BCUT2D eigenvalue weighted by molar-refractivity contribution is 7.99. The van der Waals surface area contributed by atoms with Gasteiger partial charge in [0.15, 0.2) is 0 Å². The molecule has 6 nitrogen and oxygen atoms in total. The molecule has 1 fully saturated rings. The standard InChI is InChI=1S/C10H18N6S/c11-9(12)6-3-7-17-10-13-14-15-16(10)8-4-1-2-5-8/h8H,1-7H2,(H3,11,12). The van der Waals surface area contributed by atoms with Crippen molar-refractivity contribution in [3.05, 3.63) is 0 Å². The van der Waals surface area contributed by atoms with Crippen molar-refractivity contribution in [2.45, 2.75) is 49.7 Å². The van der Waals surface area contributed by atoms with Gasteiger partial charge in [0.25, 0.3) is 0 Å². The molecule has 3 N–H and O–H groups in total. The Balaban J connectivity index is 1.83. The van der Waals surface area contributed by atoms with E-state index in [1.807, 2.05) is 4.68 Å². The van der Waals surface area contributed by atoms with Crippen LogP contribution in [-0.2, 0) is 0 Å². The zero-order valence-corrected chi connectivity index (χ0v) is 10.6. The first kappa shape index (κ1) is 12.3. The molecule has 0 atom stereocenters. The van der Waals surface area contributed by atoms with E-state index in [4.69, 9.17) is 11.1 Å². The Labute approximate surface area is 105 Å². The van der Waals surface area contributed by atoms with Gasteiger partial charge >= 0.3 is 0 Å². The number of rotatable bonds is 6. The summed E-state index contributed by atoms with van der Waals surface area (Å²) in [4.78, 5) is 0. The SMILES string of the molecule is N=C(N)CCCSc1nnnn1C1CCCC1. The van der Waals surface area contributed by atoms with Gasteiger partial charge in [-0.3, -0.25) is 5.41 Å². The van der Waals surface area contributed by atoms with Crippen LogP contribution in [0, 0.1) is 5.41 Å². The molecule has 94 valence electrons.